The van der Waals surface area contributed by atoms with E-state index in [1.54, 1.807) is 12.1 Å². The quantitative estimate of drug-likeness (QED) is 0.380. The molecule has 1 rings (SSSR count). The number of rotatable bonds is 1. The van der Waals surface area contributed by atoms with Crippen LogP contribution in [0.5, 0.6) is 5.75 Å². The minimum absolute atomic E-state index is 0. The second kappa shape index (κ2) is 4.83. The van der Waals surface area contributed by atoms with Crippen molar-refractivity contribution in [3.8, 4) is 5.75 Å². The molecular weight excluding hydrogens is 171 g/mol. The van der Waals surface area contributed by atoms with E-state index in [1.807, 2.05) is 0 Å². The van der Waals surface area contributed by atoms with E-state index in [4.69, 9.17) is 5.11 Å². The Kier molecular flexibility index (Phi) is 4.84. The van der Waals surface area contributed by atoms with Crippen LogP contribution in [0.25, 0.3) is 0 Å². The summed E-state index contributed by atoms with van der Waals surface area (Å²) >= 11 is 3.92. The molecule has 0 unspecified atom stereocenters. The Bertz CT molecular complexity index is 263. The van der Waals surface area contributed by atoms with Crippen LogP contribution in [0.3, 0.4) is 0 Å². The predicted octanol–water partition coefficient (Wildman–Crippen LogP) is 0.845. The van der Waals surface area contributed by atoms with Gasteiger partial charge in [0, 0.05) is 10.5 Å². The summed E-state index contributed by atoms with van der Waals surface area (Å²) in [4.78, 5) is 10.6. The summed E-state index contributed by atoms with van der Waals surface area (Å²) in [7, 11) is 0. The van der Waals surface area contributed by atoms with Gasteiger partial charge in [0.05, 0.1) is 0 Å². The van der Waals surface area contributed by atoms with Gasteiger partial charge in [0.15, 0.2) is 0 Å². The zero-order chi connectivity index (χ0) is 7.56. The van der Waals surface area contributed by atoms with E-state index in [2.05, 4.69) is 12.6 Å². The van der Waals surface area contributed by atoms with Crippen molar-refractivity contribution in [3.63, 3.8) is 0 Å². The van der Waals surface area contributed by atoms with Gasteiger partial charge < -0.3 is 5.11 Å². The molecule has 0 spiro atoms. The molecule has 0 aliphatic heterocycles. The van der Waals surface area contributed by atoms with Gasteiger partial charge in [-0.05, 0) is 12.1 Å². The van der Waals surface area contributed by atoms with Gasteiger partial charge in [0.25, 0.3) is 0 Å². The molecule has 54 valence electrons. The standard InChI is InChI=1S/C7H6O2S.Na.H/c8-4-5-1-2-7(10)6(9)3-5;;/h1-4,9-10H;;. The van der Waals surface area contributed by atoms with Gasteiger partial charge in [-0.15, -0.1) is 12.6 Å². The number of thiol groups is 1. The maximum atomic E-state index is 10.1. The van der Waals surface area contributed by atoms with Gasteiger partial charge in [0.2, 0.25) is 0 Å². The molecule has 0 heterocycles. The molecule has 1 N–H and O–H groups in total. The number of hydrogen-bond donors (Lipinski definition) is 2. The van der Waals surface area contributed by atoms with Gasteiger partial charge in [-0.1, -0.05) is 6.07 Å². The molecule has 4 heteroatoms. The van der Waals surface area contributed by atoms with Crippen LogP contribution >= 0.6 is 12.6 Å². The number of phenols is 1. The fourth-order valence-corrected chi connectivity index (χ4v) is 0.753. The molecule has 1 aromatic rings. The first-order valence-electron chi connectivity index (χ1n) is 2.71. The first-order valence-corrected chi connectivity index (χ1v) is 3.16. The third-order valence-corrected chi connectivity index (χ3v) is 1.51. The molecule has 0 aromatic heterocycles. The monoisotopic (exact) mass is 178 g/mol. The van der Waals surface area contributed by atoms with Crippen molar-refractivity contribution in [1.82, 2.24) is 0 Å². The number of hydrogen-bond acceptors (Lipinski definition) is 3. The third kappa shape index (κ3) is 2.87. The van der Waals surface area contributed by atoms with Crippen LogP contribution in [-0.4, -0.2) is 40.9 Å². The van der Waals surface area contributed by atoms with E-state index in [1.165, 1.54) is 6.07 Å². The van der Waals surface area contributed by atoms with Crippen LogP contribution in [-0.2, 0) is 0 Å². The Labute approximate surface area is 92.3 Å². The number of carbonyl (C=O) groups excluding carboxylic acids is 1. The van der Waals surface area contributed by atoms with E-state index < -0.39 is 0 Å². The van der Waals surface area contributed by atoms with Crippen molar-refractivity contribution < 1.29 is 9.90 Å². The summed E-state index contributed by atoms with van der Waals surface area (Å²) in [5.74, 6) is 0.0351. The summed E-state index contributed by atoms with van der Waals surface area (Å²) in [5.41, 5.74) is 0.454. The van der Waals surface area contributed by atoms with E-state index in [-0.39, 0.29) is 35.3 Å². The van der Waals surface area contributed by atoms with Gasteiger partial charge in [-0.2, -0.15) is 0 Å². The topological polar surface area (TPSA) is 37.3 Å². The number of benzene rings is 1. The molecule has 2 nitrogen and oxygen atoms in total. The number of aldehydes is 1. The van der Waals surface area contributed by atoms with Gasteiger partial charge >= 0.3 is 29.6 Å². The second-order valence-corrected chi connectivity index (χ2v) is 2.35. The molecule has 0 bridgehead atoms. The molecule has 0 radical (unpaired) electrons. The Hall–Kier alpha value is 0.0400. The average molecular weight is 178 g/mol. The van der Waals surface area contributed by atoms with Gasteiger partial charge in [-0.25, -0.2) is 0 Å². The Balaban J connectivity index is 0.000001000. The first kappa shape index (κ1) is 11.0. The number of aromatic hydroxyl groups is 1. The fourth-order valence-electron chi connectivity index (χ4n) is 0.614. The van der Waals surface area contributed by atoms with Crippen molar-refractivity contribution >= 4 is 48.5 Å². The number of carbonyl (C=O) groups is 1. The summed E-state index contributed by atoms with van der Waals surface area (Å²) in [6.45, 7) is 0. The van der Waals surface area contributed by atoms with Crippen molar-refractivity contribution in [1.29, 1.82) is 0 Å². The van der Waals surface area contributed by atoms with Gasteiger partial charge in [-0.3, -0.25) is 4.79 Å². The van der Waals surface area contributed by atoms with E-state index in [9.17, 15) is 4.79 Å². The first-order chi connectivity index (χ1) is 4.74. The van der Waals surface area contributed by atoms with Crippen LogP contribution < -0.4 is 0 Å². The molecule has 0 amide bonds. The molecule has 0 atom stereocenters. The molecular formula is C7H7NaO2S. The van der Waals surface area contributed by atoms with Gasteiger partial charge in [0.1, 0.15) is 12.0 Å². The van der Waals surface area contributed by atoms with E-state index in [0.29, 0.717) is 16.7 Å². The number of phenolic OH excluding ortho intramolecular Hbond substituents is 1. The SMILES string of the molecule is O=Cc1ccc(S)c(O)c1.[NaH]. The van der Waals surface area contributed by atoms with Crippen molar-refractivity contribution in [3.05, 3.63) is 23.8 Å². The molecule has 0 saturated heterocycles. The fraction of sp³-hybridized carbons (Fsp3) is 0. The average Bonchev–Trinajstić information content (AvgIpc) is 1.95. The summed E-state index contributed by atoms with van der Waals surface area (Å²) in [6, 6.07) is 4.53. The van der Waals surface area contributed by atoms with Crippen LogP contribution in [0.1, 0.15) is 10.4 Å². The molecule has 11 heavy (non-hydrogen) atoms. The molecule has 0 saturated carbocycles. The van der Waals surface area contributed by atoms with E-state index in [0.717, 1.165) is 0 Å². The van der Waals surface area contributed by atoms with Crippen LogP contribution in [0.15, 0.2) is 23.1 Å². The van der Waals surface area contributed by atoms with Crippen LogP contribution in [0.2, 0.25) is 0 Å². The molecule has 0 aliphatic rings. The summed E-state index contributed by atoms with van der Waals surface area (Å²) in [6.07, 6.45) is 0.674. The van der Waals surface area contributed by atoms with Crippen LogP contribution in [0.4, 0.5) is 0 Å². The van der Waals surface area contributed by atoms with Crippen molar-refractivity contribution in [2.75, 3.05) is 0 Å². The Morgan fingerprint density at radius 3 is 2.55 bits per heavy atom. The molecule has 0 aliphatic carbocycles. The third-order valence-electron chi connectivity index (χ3n) is 1.14. The molecule has 0 fully saturated rings. The zero-order valence-electron chi connectivity index (χ0n) is 5.11. The van der Waals surface area contributed by atoms with Crippen molar-refractivity contribution in [2.45, 2.75) is 4.90 Å². The Morgan fingerprint density at radius 2 is 2.09 bits per heavy atom. The summed E-state index contributed by atoms with van der Waals surface area (Å²) < 4.78 is 0. The summed E-state index contributed by atoms with van der Waals surface area (Å²) in [5, 5.41) is 9.00. The minimum atomic E-state index is 0. The van der Waals surface area contributed by atoms with Crippen LogP contribution in [0, 0.1) is 0 Å². The Morgan fingerprint density at radius 1 is 1.45 bits per heavy atom. The maximum absolute atomic E-state index is 10.1. The second-order valence-electron chi connectivity index (χ2n) is 1.87. The predicted molar refractivity (Wildman–Crippen MR) is 47.9 cm³/mol. The normalized spacial score (nSPS) is 8.45. The molecule has 1 aromatic carbocycles. The van der Waals surface area contributed by atoms with E-state index >= 15 is 0 Å². The van der Waals surface area contributed by atoms with Crippen molar-refractivity contribution in [2.24, 2.45) is 0 Å². The zero-order valence-corrected chi connectivity index (χ0v) is 6.01.